The maximum absolute atomic E-state index is 8.00. The quantitative estimate of drug-likeness (QED) is 0.219. The van der Waals surface area contributed by atoms with Crippen molar-refractivity contribution >= 4 is 6.79 Å². The van der Waals surface area contributed by atoms with E-state index in [1.165, 1.54) is 49.9 Å². The summed E-state index contributed by atoms with van der Waals surface area (Å²) in [6.45, 7) is 34.7. The Morgan fingerprint density at radius 3 is 1.71 bits per heavy atom. The van der Waals surface area contributed by atoms with Gasteiger partial charge >= 0.3 is 0 Å². The van der Waals surface area contributed by atoms with Crippen molar-refractivity contribution in [1.82, 2.24) is 4.90 Å². The molecule has 0 saturated heterocycles. The summed E-state index contributed by atoms with van der Waals surface area (Å²) < 4.78 is 0. The first-order valence-corrected chi connectivity index (χ1v) is 13.2. The number of rotatable bonds is 12. The molecule has 0 spiro atoms. The molecule has 0 aliphatic carbocycles. The second kappa shape index (κ2) is 36.4. The van der Waals surface area contributed by atoms with Crippen LogP contribution in [0.15, 0.2) is 73.0 Å². The molecule has 0 saturated carbocycles. The third-order valence-electron chi connectivity index (χ3n) is 5.38. The summed E-state index contributed by atoms with van der Waals surface area (Å²) in [5.74, 6) is 1.60. The minimum Gasteiger partial charge on any atom is -0.399 e. The average molecular weight is 491 g/mol. The van der Waals surface area contributed by atoms with Crippen LogP contribution in [0, 0.1) is 11.8 Å². The molecule has 0 rings (SSSR count). The van der Waals surface area contributed by atoms with Gasteiger partial charge < -0.3 is 15.4 Å². The summed E-state index contributed by atoms with van der Waals surface area (Å²) in [7, 11) is 2.21. The molecule has 3 heteroatoms. The van der Waals surface area contributed by atoms with Gasteiger partial charge in [-0.15, -0.1) is 6.58 Å². The maximum atomic E-state index is 8.00. The summed E-state index contributed by atoms with van der Waals surface area (Å²) in [5, 5.41) is 0. The monoisotopic (exact) mass is 490 g/mol. The van der Waals surface area contributed by atoms with Gasteiger partial charge in [-0.3, -0.25) is 0 Å². The highest BCUT2D eigenvalue weighted by Gasteiger charge is 2.00. The first-order valence-electron chi connectivity index (χ1n) is 13.2. The SMILES string of the molecule is C/C=C/C.C=C/C(C)=C(/C=C/C(=C)N)CC.C=CC(C)CC.C=O.CCCN(C)CCC(C)CC. The number of nitrogens with two attached hydrogens (primary N) is 1. The summed E-state index contributed by atoms with van der Waals surface area (Å²) in [6, 6.07) is 0. The van der Waals surface area contributed by atoms with E-state index in [-0.39, 0.29) is 0 Å². The Balaban J connectivity index is -0.000000119. The van der Waals surface area contributed by atoms with Crippen LogP contribution in [0.25, 0.3) is 0 Å². The van der Waals surface area contributed by atoms with Gasteiger partial charge in [-0.2, -0.15) is 0 Å². The van der Waals surface area contributed by atoms with Crippen LogP contribution in [-0.4, -0.2) is 31.8 Å². The molecule has 0 amide bonds. The molecule has 0 bridgehead atoms. The van der Waals surface area contributed by atoms with Gasteiger partial charge in [-0.1, -0.05) is 97.9 Å². The highest BCUT2D eigenvalue weighted by molar-refractivity contribution is 5.33. The van der Waals surface area contributed by atoms with Crippen LogP contribution in [0.1, 0.15) is 94.4 Å². The van der Waals surface area contributed by atoms with E-state index in [4.69, 9.17) is 10.5 Å². The minimum atomic E-state index is 0.581. The second-order valence-electron chi connectivity index (χ2n) is 8.57. The fraction of sp³-hybridized carbons (Fsp3) is 0.594. The summed E-state index contributed by atoms with van der Waals surface area (Å²) in [4.78, 5) is 10.4. The van der Waals surface area contributed by atoms with Crippen molar-refractivity contribution in [2.45, 2.75) is 94.4 Å². The molecular formula is C32H62N2O. The zero-order valence-electron chi connectivity index (χ0n) is 25.3. The highest BCUT2D eigenvalue weighted by Crippen LogP contribution is 2.11. The lowest BCUT2D eigenvalue weighted by Gasteiger charge is -2.17. The van der Waals surface area contributed by atoms with Crippen LogP contribution in [0.2, 0.25) is 0 Å². The number of allylic oxidation sites excluding steroid dienone is 8. The van der Waals surface area contributed by atoms with Crippen molar-refractivity contribution < 1.29 is 4.79 Å². The number of carbonyl (C=O) groups excluding carboxylic acids is 1. The zero-order chi connectivity index (χ0) is 28.7. The molecule has 0 fully saturated rings. The van der Waals surface area contributed by atoms with Gasteiger partial charge in [0.1, 0.15) is 6.79 Å². The second-order valence-corrected chi connectivity index (χ2v) is 8.57. The Morgan fingerprint density at radius 1 is 0.943 bits per heavy atom. The van der Waals surface area contributed by atoms with E-state index >= 15 is 0 Å². The van der Waals surface area contributed by atoms with Gasteiger partial charge in [0.05, 0.1) is 0 Å². The molecule has 206 valence electrons. The minimum absolute atomic E-state index is 0.581. The molecule has 0 heterocycles. The van der Waals surface area contributed by atoms with Crippen molar-refractivity contribution in [2.24, 2.45) is 17.6 Å². The Morgan fingerprint density at radius 2 is 1.46 bits per heavy atom. The molecule has 2 unspecified atom stereocenters. The van der Waals surface area contributed by atoms with Crippen LogP contribution in [0.5, 0.6) is 0 Å². The lowest BCUT2D eigenvalue weighted by atomic mass is 10.1. The standard InChI is InChI=1S/C11H17N.C10H23N.C6H12.C4H8.CH2O/c1-5-9(3)11(6-2)8-7-10(4)12;1-5-8-11(4)9-7-10(3)6-2;1-4-6(3)5-2;1-3-4-2;1-2/h5,7-8H,1,4,6,12H2,2-3H3;10H,5-9H2,1-4H3;4,6H,1,5H2,2-3H3;3-4H,1-2H3;1H2/b8-7+,11-9+;;;4-3+;. The number of hydrogen-bond donors (Lipinski definition) is 1. The molecule has 0 aliphatic heterocycles. The predicted molar refractivity (Wildman–Crippen MR) is 165 cm³/mol. The van der Waals surface area contributed by atoms with Gasteiger partial charge in [-0.05, 0) is 89.2 Å². The number of nitrogens with zero attached hydrogens (tertiary/aromatic N) is 1. The van der Waals surface area contributed by atoms with Crippen LogP contribution >= 0.6 is 0 Å². The van der Waals surface area contributed by atoms with E-state index in [0.717, 1.165) is 12.3 Å². The topological polar surface area (TPSA) is 46.3 Å². The fourth-order valence-electron chi connectivity index (χ4n) is 2.17. The first kappa shape index (κ1) is 43.0. The summed E-state index contributed by atoms with van der Waals surface area (Å²) in [5.41, 5.74) is 8.43. The van der Waals surface area contributed by atoms with Crippen molar-refractivity contribution in [3.05, 3.63) is 73.0 Å². The Kier molecular flexibility index (Phi) is 44.7. The van der Waals surface area contributed by atoms with E-state index in [1.807, 2.05) is 64.0 Å². The summed E-state index contributed by atoms with van der Waals surface area (Å²) in [6.07, 6.45) is 17.8. The van der Waals surface area contributed by atoms with Crippen LogP contribution in [0.4, 0.5) is 0 Å². The number of hydrogen-bond acceptors (Lipinski definition) is 3. The third-order valence-corrected chi connectivity index (χ3v) is 5.38. The van der Waals surface area contributed by atoms with Crippen molar-refractivity contribution in [1.29, 1.82) is 0 Å². The average Bonchev–Trinajstić information content (AvgIpc) is 2.88. The molecule has 2 N–H and O–H groups in total. The molecule has 0 aromatic carbocycles. The normalized spacial score (nSPS) is 12.3. The molecule has 35 heavy (non-hydrogen) atoms. The van der Waals surface area contributed by atoms with Crippen molar-refractivity contribution in [2.75, 3.05) is 20.1 Å². The smallest absolute Gasteiger partial charge is 0.106 e. The Hall–Kier alpha value is -2.13. The summed E-state index contributed by atoms with van der Waals surface area (Å²) >= 11 is 0. The van der Waals surface area contributed by atoms with Crippen molar-refractivity contribution in [3.63, 3.8) is 0 Å². The van der Waals surface area contributed by atoms with E-state index < -0.39 is 0 Å². The van der Waals surface area contributed by atoms with Crippen molar-refractivity contribution in [3.8, 4) is 0 Å². The van der Waals surface area contributed by atoms with E-state index in [9.17, 15) is 0 Å². The molecule has 0 aromatic rings. The lowest BCUT2D eigenvalue weighted by molar-refractivity contribution is -0.0979. The molecular weight excluding hydrogens is 428 g/mol. The van der Waals surface area contributed by atoms with Crippen LogP contribution < -0.4 is 5.73 Å². The molecule has 0 aliphatic rings. The largest absolute Gasteiger partial charge is 0.399 e. The molecule has 3 nitrogen and oxygen atoms in total. The zero-order valence-corrected chi connectivity index (χ0v) is 25.3. The number of carbonyl (C=O) groups is 1. The molecule has 0 aromatic heterocycles. The van der Waals surface area contributed by atoms with E-state index in [2.05, 4.69) is 73.2 Å². The van der Waals surface area contributed by atoms with Gasteiger partial charge in [0.2, 0.25) is 0 Å². The van der Waals surface area contributed by atoms with Crippen LogP contribution in [-0.2, 0) is 4.79 Å². The Labute approximate surface area is 221 Å². The Bertz CT molecular complexity index is 554. The highest BCUT2D eigenvalue weighted by atomic mass is 16.1. The van der Waals surface area contributed by atoms with Gasteiger partial charge in [-0.25, -0.2) is 0 Å². The van der Waals surface area contributed by atoms with E-state index in [1.54, 1.807) is 0 Å². The molecule has 2 atom stereocenters. The first-order chi connectivity index (χ1) is 16.5. The lowest BCUT2D eigenvalue weighted by Crippen LogP contribution is -2.21. The predicted octanol–water partition coefficient (Wildman–Crippen LogP) is 9.31. The van der Waals surface area contributed by atoms with Gasteiger partial charge in [0.25, 0.3) is 0 Å². The van der Waals surface area contributed by atoms with E-state index in [0.29, 0.717) is 11.6 Å². The van der Waals surface area contributed by atoms with Gasteiger partial charge in [0.15, 0.2) is 0 Å². The molecule has 0 radical (unpaired) electrons. The maximum Gasteiger partial charge on any atom is 0.106 e. The fourth-order valence-corrected chi connectivity index (χ4v) is 2.17. The third kappa shape index (κ3) is 42.5. The van der Waals surface area contributed by atoms with Crippen LogP contribution in [0.3, 0.4) is 0 Å². The van der Waals surface area contributed by atoms with Gasteiger partial charge in [0, 0.05) is 5.70 Å².